The molecular weight excluding hydrogens is 459 g/mol. The molecular formula is C17H31O14P. The molecule has 14 nitrogen and oxygen atoms in total. The summed E-state index contributed by atoms with van der Waals surface area (Å²) in [7, 11) is -4.13. The molecule has 188 valence electrons. The average molecular weight is 490 g/mol. The summed E-state index contributed by atoms with van der Waals surface area (Å²) < 4.78 is 46.7. The molecule has 4 N–H and O–H groups in total. The minimum atomic E-state index is -4.13. The Morgan fingerprint density at radius 1 is 0.844 bits per heavy atom. The lowest BCUT2D eigenvalue weighted by Crippen LogP contribution is -2.57. The molecule has 0 amide bonds. The topological polar surface area (TPSA) is 197 Å². The summed E-state index contributed by atoms with van der Waals surface area (Å²) >= 11 is 0. The van der Waals surface area contributed by atoms with Gasteiger partial charge in [-0.15, -0.1) is 0 Å². The number of carbonyl (C=O) groups excluding carboxylic acids is 2. The predicted molar refractivity (Wildman–Crippen MR) is 103 cm³/mol. The lowest BCUT2D eigenvalue weighted by molar-refractivity contribution is -0.281. The van der Waals surface area contributed by atoms with Crippen molar-refractivity contribution in [2.45, 2.75) is 77.0 Å². The summed E-state index contributed by atoms with van der Waals surface area (Å²) in [6, 6.07) is 0. The Balaban J connectivity index is 2.70. The van der Waals surface area contributed by atoms with Crippen molar-refractivity contribution in [3.8, 4) is 0 Å². The van der Waals surface area contributed by atoms with Gasteiger partial charge in [0.2, 0.25) is 13.6 Å². The third-order valence-electron chi connectivity index (χ3n) is 3.89. The third-order valence-corrected chi connectivity index (χ3v) is 5.69. The van der Waals surface area contributed by atoms with Crippen LogP contribution in [-0.2, 0) is 37.3 Å². The van der Waals surface area contributed by atoms with Crippen molar-refractivity contribution in [3.05, 3.63) is 0 Å². The Morgan fingerprint density at radius 3 is 1.75 bits per heavy atom. The Morgan fingerprint density at radius 2 is 1.31 bits per heavy atom. The zero-order valence-electron chi connectivity index (χ0n) is 18.2. The molecule has 1 aliphatic heterocycles. The molecule has 0 aliphatic carbocycles. The number of hydrogen-bond donors (Lipinski definition) is 4. The first-order valence-electron chi connectivity index (χ1n) is 9.77. The van der Waals surface area contributed by atoms with E-state index in [2.05, 4.69) is 9.47 Å². The molecule has 5 unspecified atom stereocenters. The Hall–Kier alpha value is -1.51. The molecule has 32 heavy (non-hydrogen) atoms. The maximum absolute atomic E-state index is 13.0. The second-order valence-corrected chi connectivity index (χ2v) is 9.46. The average Bonchev–Trinajstić information content (AvgIpc) is 2.67. The largest absolute Gasteiger partial charge is 0.510 e. The summed E-state index contributed by atoms with van der Waals surface area (Å²) in [6.45, 7) is 4.66. The minimum Gasteiger partial charge on any atom is -0.432 e. The van der Waals surface area contributed by atoms with Crippen molar-refractivity contribution < 1.29 is 67.3 Å². The van der Waals surface area contributed by atoms with Gasteiger partial charge in [0.15, 0.2) is 6.29 Å². The van der Waals surface area contributed by atoms with Crippen LogP contribution in [0.2, 0.25) is 0 Å². The van der Waals surface area contributed by atoms with Crippen LogP contribution >= 0.6 is 7.60 Å². The van der Waals surface area contributed by atoms with E-state index in [4.69, 9.17) is 23.3 Å². The fraction of sp³-hybridized carbons (Fsp3) is 0.882. The number of rotatable bonds is 11. The molecule has 1 saturated heterocycles. The fourth-order valence-corrected chi connectivity index (χ4v) is 3.71. The van der Waals surface area contributed by atoms with E-state index in [1.807, 2.05) is 0 Å². The highest BCUT2D eigenvalue weighted by atomic mass is 31.2. The van der Waals surface area contributed by atoms with Crippen LogP contribution < -0.4 is 0 Å². The Bertz CT molecular complexity index is 609. The van der Waals surface area contributed by atoms with Gasteiger partial charge in [0.05, 0.1) is 24.5 Å². The first-order chi connectivity index (χ1) is 14.8. The van der Waals surface area contributed by atoms with Gasteiger partial charge in [0, 0.05) is 0 Å². The highest BCUT2D eigenvalue weighted by Gasteiger charge is 2.43. The van der Waals surface area contributed by atoms with E-state index in [0.717, 1.165) is 0 Å². The van der Waals surface area contributed by atoms with E-state index in [0.29, 0.717) is 0 Å². The molecule has 1 fully saturated rings. The van der Waals surface area contributed by atoms with Crippen molar-refractivity contribution >= 4 is 19.9 Å². The lowest BCUT2D eigenvalue weighted by Gasteiger charge is -2.38. The zero-order valence-corrected chi connectivity index (χ0v) is 19.1. The third kappa shape index (κ3) is 9.96. The molecule has 1 aliphatic rings. The second-order valence-electron chi connectivity index (χ2n) is 7.28. The standard InChI is InChI=1S/C17H31O14P/c1-9(2)29-16(22)25-7-27-32(24,28-8-26-17(23)30-10(3)4)6-5-11-12(18)13(19)14(20)15(21)31-11/h9-15,18-21H,5-8H2,1-4H3. The predicted octanol–water partition coefficient (Wildman–Crippen LogP) is 0.441. The normalized spacial score (nSPS) is 26.1. The van der Waals surface area contributed by atoms with Crippen molar-refractivity contribution in [2.24, 2.45) is 0 Å². The van der Waals surface area contributed by atoms with Crippen LogP contribution in [0.5, 0.6) is 0 Å². The van der Waals surface area contributed by atoms with Gasteiger partial charge in [-0.25, -0.2) is 9.59 Å². The van der Waals surface area contributed by atoms with E-state index in [1.165, 1.54) is 0 Å². The molecule has 0 aromatic rings. The monoisotopic (exact) mass is 490 g/mol. The van der Waals surface area contributed by atoms with E-state index >= 15 is 0 Å². The second kappa shape index (κ2) is 13.3. The molecule has 1 rings (SSSR count). The maximum atomic E-state index is 13.0. The Labute approximate surface area is 184 Å². The molecule has 0 aromatic carbocycles. The summed E-state index contributed by atoms with van der Waals surface area (Å²) in [4.78, 5) is 22.8. The van der Waals surface area contributed by atoms with Gasteiger partial charge in [-0.1, -0.05) is 0 Å². The molecule has 0 bridgehead atoms. The van der Waals surface area contributed by atoms with Crippen LogP contribution in [0.1, 0.15) is 34.1 Å². The van der Waals surface area contributed by atoms with E-state index in [-0.39, 0.29) is 6.42 Å². The van der Waals surface area contributed by atoms with Crippen molar-refractivity contribution in [1.29, 1.82) is 0 Å². The van der Waals surface area contributed by atoms with E-state index in [1.54, 1.807) is 27.7 Å². The van der Waals surface area contributed by atoms with Gasteiger partial charge in [-0.3, -0.25) is 13.6 Å². The lowest BCUT2D eigenvalue weighted by atomic mass is 9.97. The summed E-state index contributed by atoms with van der Waals surface area (Å²) in [6.07, 6.45) is -12.0. The SMILES string of the molecule is CC(C)OC(=O)OCOP(=O)(CCC1OC(O)C(O)C(O)C1O)OCOC(=O)OC(C)C. The van der Waals surface area contributed by atoms with Crippen molar-refractivity contribution in [3.63, 3.8) is 0 Å². The molecule has 15 heteroatoms. The van der Waals surface area contributed by atoms with Crippen LogP contribution in [-0.4, -0.2) is 95.4 Å². The number of carbonyl (C=O) groups is 2. The quantitative estimate of drug-likeness (QED) is 0.177. The van der Waals surface area contributed by atoms with Gasteiger partial charge in [-0.05, 0) is 34.1 Å². The first-order valence-corrected chi connectivity index (χ1v) is 11.5. The smallest absolute Gasteiger partial charge is 0.432 e. The summed E-state index contributed by atoms with van der Waals surface area (Å²) in [5.41, 5.74) is 0. The van der Waals surface area contributed by atoms with Crippen LogP contribution in [0, 0.1) is 0 Å². The van der Waals surface area contributed by atoms with Crippen molar-refractivity contribution in [1.82, 2.24) is 0 Å². The number of hydrogen-bond acceptors (Lipinski definition) is 14. The van der Waals surface area contributed by atoms with Crippen LogP contribution in [0.4, 0.5) is 9.59 Å². The van der Waals surface area contributed by atoms with Gasteiger partial charge in [0.25, 0.3) is 0 Å². The van der Waals surface area contributed by atoms with Crippen LogP contribution in [0.25, 0.3) is 0 Å². The van der Waals surface area contributed by atoms with Gasteiger partial charge in [-0.2, -0.15) is 0 Å². The van der Waals surface area contributed by atoms with Gasteiger partial charge in [0.1, 0.15) is 18.3 Å². The number of aliphatic hydroxyl groups is 4. The molecule has 0 spiro atoms. The van der Waals surface area contributed by atoms with E-state index in [9.17, 15) is 34.6 Å². The van der Waals surface area contributed by atoms with Crippen LogP contribution in [0.15, 0.2) is 0 Å². The molecule has 0 radical (unpaired) electrons. The molecule has 1 heterocycles. The fourth-order valence-electron chi connectivity index (χ4n) is 2.38. The van der Waals surface area contributed by atoms with Crippen LogP contribution in [0.3, 0.4) is 0 Å². The maximum Gasteiger partial charge on any atom is 0.510 e. The summed E-state index contributed by atoms with van der Waals surface area (Å²) in [5.74, 6) is 0. The van der Waals surface area contributed by atoms with Gasteiger partial charge >= 0.3 is 19.9 Å². The summed E-state index contributed by atoms with van der Waals surface area (Å²) in [5, 5.41) is 38.9. The highest BCUT2D eigenvalue weighted by Crippen LogP contribution is 2.49. The highest BCUT2D eigenvalue weighted by molar-refractivity contribution is 7.53. The number of aliphatic hydroxyl groups excluding tert-OH is 4. The van der Waals surface area contributed by atoms with Crippen molar-refractivity contribution in [2.75, 3.05) is 19.7 Å². The van der Waals surface area contributed by atoms with Gasteiger partial charge < -0.3 is 44.1 Å². The Kier molecular flexibility index (Phi) is 11.8. The molecule has 5 atom stereocenters. The molecule has 0 aromatic heterocycles. The zero-order chi connectivity index (χ0) is 24.5. The molecule has 0 saturated carbocycles. The first kappa shape index (κ1) is 28.5. The number of ether oxygens (including phenoxy) is 5. The van der Waals surface area contributed by atoms with E-state index < -0.39 is 82.6 Å². The minimum absolute atomic E-state index is 0.286.